The summed E-state index contributed by atoms with van der Waals surface area (Å²) in [6.07, 6.45) is 7.30. The third-order valence-electron chi connectivity index (χ3n) is 5.56. The molecule has 28 heavy (non-hydrogen) atoms. The lowest BCUT2D eigenvalue weighted by Crippen LogP contribution is -2.52. The zero-order chi connectivity index (χ0) is 19.5. The number of likely N-dealkylation sites (tertiary alicyclic amines) is 1. The van der Waals surface area contributed by atoms with Crippen LogP contribution < -0.4 is 5.56 Å². The molecule has 4 heterocycles. The minimum atomic E-state index is -0.276. The molecule has 2 fully saturated rings. The number of ether oxygens (including phenoxy) is 1. The molecule has 150 valence electrons. The summed E-state index contributed by atoms with van der Waals surface area (Å²) in [4.78, 5) is 31.8. The van der Waals surface area contributed by atoms with Gasteiger partial charge < -0.3 is 19.5 Å². The topological polar surface area (TPSA) is 83.5 Å². The summed E-state index contributed by atoms with van der Waals surface area (Å²) in [6.45, 7) is 3.89. The van der Waals surface area contributed by atoms with E-state index in [4.69, 9.17) is 4.74 Å². The van der Waals surface area contributed by atoms with Crippen molar-refractivity contribution in [2.24, 2.45) is 7.05 Å². The number of morpholine rings is 1. The first kappa shape index (κ1) is 18.9. The molecule has 2 saturated heterocycles. The summed E-state index contributed by atoms with van der Waals surface area (Å²) >= 11 is 0. The number of pyridine rings is 1. The number of amides is 1. The molecule has 2 atom stereocenters. The summed E-state index contributed by atoms with van der Waals surface area (Å²) in [5.41, 5.74) is 0.984. The fourth-order valence-electron chi connectivity index (χ4n) is 4.22. The molecule has 2 aliphatic heterocycles. The van der Waals surface area contributed by atoms with E-state index in [2.05, 4.69) is 15.0 Å². The van der Waals surface area contributed by atoms with Gasteiger partial charge in [-0.05, 0) is 32.0 Å². The zero-order valence-corrected chi connectivity index (χ0v) is 16.2. The van der Waals surface area contributed by atoms with Crippen LogP contribution >= 0.6 is 0 Å². The number of aromatic nitrogens is 3. The van der Waals surface area contributed by atoms with E-state index in [-0.39, 0.29) is 23.6 Å². The number of rotatable bonds is 4. The number of nitrogens with one attached hydrogen (secondary N) is 1. The lowest BCUT2D eigenvalue weighted by Gasteiger charge is -2.43. The zero-order valence-electron chi connectivity index (χ0n) is 16.2. The Morgan fingerprint density at radius 2 is 2.07 bits per heavy atom. The van der Waals surface area contributed by atoms with E-state index in [9.17, 15) is 9.59 Å². The highest BCUT2D eigenvalue weighted by molar-refractivity contribution is 5.92. The summed E-state index contributed by atoms with van der Waals surface area (Å²) < 4.78 is 7.90. The number of H-pyrrole nitrogens is 1. The van der Waals surface area contributed by atoms with Crippen LogP contribution in [0.1, 0.15) is 41.4 Å². The predicted molar refractivity (Wildman–Crippen MR) is 104 cm³/mol. The Hall–Kier alpha value is -2.45. The van der Waals surface area contributed by atoms with Crippen molar-refractivity contribution in [3.63, 3.8) is 0 Å². The smallest absolute Gasteiger partial charge is 0.271 e. The van der Waals surface area contributed by atoms with Crippen molar-refractivity contribution in [3.8, 4) is 0 Å². The average Bonchev–Trinajstić information content (AvgIpc) is 3.14. The van der Waals surface area contributed by atoms with E-state index in [1.807, 2.05) is 18.1 Å². The Kier molecular flexibility index (Phi) is 5.59. The van der Waals surface area contributed by atoms with Gasteiger partial charge in [0.1, 0.15) is 5.69 Å². The van der Waals surface area contributed by atoms with Crippen LogP contribution in [0.15, 0.2) is 35.4 Å². The first-order valence-electron chi connectivity index (χ1n) is 9.94. The molecular weight excluding hydrogens is 358 g/mol. The Morgan fingerprint density at radius 3 is 2.79 bits per heavy atom. The molecular formula is C20H27N5O3. The minimum absolute atomic E-state index is 0.129. The number of carbonyl (C=O) groups is 1. The molecule has 2 aromatic heterocycles. The molecule has 0 aromatic carbocycles. The van der Waals surface area contributed by atoms with Crippen LogP contribution in [0, 0.1) is 0 Å². The van der Waals surface area contributed by atoms with Crippen LogP contribution in [0.5, 0.6) is 0 Å². The van der Waals surface area contributed by atoms with Gasteiger partial charge in [-0.3, -0.25) is 14.3 Å². The molecule has 0 spiro atoms. The highest BCUT2D eigenvalue weighted by Crippen LogP contribution is 2.31. The van der Waals surface area contributed by atoms with Gasteiger partial charge in [0.2, 0.25) is 5.56 Å². The fourth-order valence-corrected chi connectivity index (χ4v) is 4.22. The molecule has 0 saturated carbocycles. The van der Waals surface area contributed by atoms with Gasteiger partial charge in [0, 0.05) is 38.0 Å². The molecule has 8 nitrogen and oxygen atoms in total. The molecule has 8 heteroatoms. The first-order valence-corrected chi connectivity index (χ1v) is 9.94. The quantitative estimate of drug-likeness (QED) is 0.854. The van der Waals surface area contributed by atoms with Crippen molar-refractivity contribution in [1.82, 2.24) is 24.6 Å². The fraction of sp³-hybridized carbons (Fsp3) is 0.550. The summed E-state index contributed by atoms with van der Waals surface area (Å²) in [7, 11) is 1.87. The Labute approximate surface area is 164 Å². The second-order valence-electron chi connectivity index (χ2n) is 7.59. The van der Waals surface area contributed by atoms with E-state index in [1.54, 1.807) is 23.0 Å². The molecule has 0 bridgehead atoms. The first-order chi connectivity index (χ1) is 13.6. The van der Waals surface area contributed by atoms with Crippen LogP contribution in [0.2, 0.25) is 0 Å². The lowest BCUT2D eigenvalue weighted by molar-refractivity contribution is -0.0743. The van der Waals surface area contributed by atoms with Gasteiger partial charge in [-0.25, -0.2) is 0 Å². The Balaban J connectivity index is 1.63. The average molecular weight is 385 g/mol. The second-order valence-corrected chi connectivity index (χ2v) is 7.59. The van der Waals surface area contributed by atoms with Crippen LogP contribution in [-0.2, 0) is 11.8 Å². The minimum Gasteiger partial charge on any atom is -0.373 e. The molecule has 0 radical (unpaired) electrons. The number of hydrogen-bond acceptors (Lipinski definition) is 5. The lowest BCUT2D eigenvalue weighted by atomic mass is 9.99. The van der Waals surface area contributed by atoms with Gasteiger partial charge in [0.25, 0.3) is 5.91 Å². The van der Waals surface area contributed by atoms with Crippen LogP contribution in [0.25, 0.3) is 0 Å². The molecule has 0 aliphatic carbocycles. The SMILES string of the molecule is Cn1cc([C@H]2[C@H](CN3CCCCC3)OCCN2C(=O)c2cccc(=O)[nH]2)cn1. The number of hydrogen-bond donors (Lipinski definition) is 1. The van der Waals surface area contributed by atoms with Crippen LogP contribution in [0.3, 0.4) is 0 Å². The van der Waals surface area contributed by atoms with E-state index in [0.717, 1.165) is 25.2 Å². The van der Waals surface area contributed by atoms with Crippen molar-refractivity contribution in [2.75, 3.05) is 32.8 Å². The maximum absolute atomic E-state index is 13.2. The predicted octanol–water partition coefficient (Wildman–Crippen LogP) is 1.18. The third-order valence-corrected chi connectivity index (χ3v) is 5.56. The van der Waals surface area contributed by atoms with Crippen molar-refractivity contribution >= 4 is 5.91 Å². The monoisotopic (exact) mass is 385 g/mol. The highest BCUT2D eigenvalue weighted by atomic mass is 16.5. The normalized spacial score (nSPS) is 23.7. The van der Waals surface area contributed by atoms with E-state index < -0.39 is 0 Å². The van der Waals surface area contributed by atoms with Gasteiger partial charge in [0.05, 0.1) is 24.9 Å². The van der Waals surface area contributed by atoms with Crippen molar-refractivity contribution < 1.29 is 9.53 Å². The number of nitrogens with zero attached hydrogens (tertiary/aromatic N) is 4. The number of aryl methyl sites for hydroxylation is 1. The van der Waals surface area contributed by atoms with Gasteiger partial charge >= 0.3 is 0 Å². The van der Waals surface area contributed by atoms with Crippen LogP contribution in [-0.4, -0.2) is 69.4 Å². The summed E-state index contributed by atoms with van der Waals surface area (Å²) in [5, 5.41) is 4.31. The van der Waals surface area contributed by atoms with E-state index in [1.165, 1.54) is 25.3 Å². The van der Waals surface area contributed by atoms with Gasteiger partial charge in [0.15, 0.2) is 0 Å². The van der Waals surface area contributed by atoms with Crippen molar-refractivity contribution in [2.45, 2.75) is 31.4 Å². The third kappa shape index (κ3) is 4.02. The number of aromatic amines is 1. The Bertz CT molecular complexity index is 870. The molecule has 4 rings (SSSR count). The van der Waals surface area contributed by atoms with Gasteiger partial charge in [-0.15, -0.1) is 0 Å². The van der Waals surface area contributed by atoms with Crippen LogP contribution in [0.4, 0.5) is 0 Å². The highest BCUT2D eigenvalue weighted by Gasteiger charge is 2.38. The Morgan fingerprint density at radius 1 is 1.25 bits per heavy atom. The van der Waals surface area contributed by atoms with E-state index in [0.29, 0.717) is 18.8 Å². The van der Waals surface area contributed by atoms with Crippen molar-refractivity contribution in [1.29, 1.82) is 0 Å². The summed E-state index contributed by atoms with van der Waals surface area (Å²) in [5.74, 6) is -0.182. The molecule has 1 amide bonds. The van der Waals surface area contributed by atoms with E-state index >= 15 is 0 Å². The maximum Gasteiger partial charge on any atom is 0.271 e. The standard InChI is InChI=1S/C20H27N5O3/c1-23-13-15(12-21-23)19-17(14-24-8-3-2-4-9-24)28-11-10-25(19)20(27)16-6-5-7-18(26)22-16/h5-7,12-13,17,19H,2-4,8-11,14H2,1H3,(H,22,26)/t17-,19-/m0/s1. The van der Waals surface area contributed by atoms with Gasteiger partial charge in [-0.2, -0.15) is 5.10 Å². The maximum atomic E-state index is 13.2. The second kappa shape index (κ2) is 8.28. The number of carbonyl (C=O) groups excluding carboxylic acids is 1. The van der Waals surface area contributed by atoms with Gasteiger partial charge in [-0.1, -0.05) is 12.5 Å². The number of piperidine rings is 1. The molecule has 1 N–H and O–H groups in total. The molecule has 2 aliphatic rings. The summed E-state index contributed by atoms with van der Waals surface area (Å²) in [6, 6.07) is 4.43. The van der Waals surface area contributed by atoms with Crippen molar-refractivity contribution in [3.05, 3.63) is 52.2 Å². The molecule has 2 aromatic rings. The largest absolute Gasteiger partial charge is 0.373 e. The molecule has 0 unspecified atom stereocenters.